The normalized spacial score (nSPS) is 13.5. The summed E-state index contributed by atoms with van der Waals surface area (Å²) >= 11 is 0. The Bertz CT molecular complexity index is 278. The molecule has 2 N–H and O–H groups in total. The number of carboxylic acids is 1. The average molecular weight is 229 g/mol. The van der Waals surface area contributed by atoms with E-state index in [0.717, 1.165) is 6.08 Å². The van der Waals surface area contributed by atoms with E-state index in [9.17, 15) is 9.59 Å². The van der Waals surface area contributed by atoms with Crippen LogP contribution in [0.3, 0.4) is 0 Å². The molecule has 0 aromatic heterocycles. The fourth-order valence-corrected chi connectivity index (χ4v) is 0.944. The number of hydrogen-bond acceptors (Lipinski definition) is 3. The van der Waals surface area contributed by atoms with Gasteiger partial charge in [-0.25, -0.2) is 9.59 Å². The molecule has 0 heterocycles. The van der Waals surface area contributed by atoms with Crippen molar-refractivity contribution in [2.45, 2.75) is 45.8 Å². The van der Waals surface area contributed by atoms with Crippen LogP contribution in [0.2, 0.25) is 0 Å². The fraction of sp³-hybridized carbons (Fsp3) is 0.636. The van der Waals surface area contributed by atoms with Crippen molar-refractivity contribution >= 4 is 12.1 Å². The summed E-state index contributed by atoms with van der Waals surface area (Å²) in [4.78, 5) is 21.7. The van der Waals surface area contributed by atoms with Crippen molar-refractivity contribution in [1.82, 2.24) is 5.32 Å². The van der Waals surface area contributed by atoms with Gasteiger partial charge in [0.25, 0.3) is 0 Å². The van der Waals surface area contributed by atoms with Crippen LogP contribution in [0.15, 0.2) is 12.2 Å². The number of ether oxygens (including phenoxy) is 1. The van der Waals surface area contributed by atoms with E-state index in [1.54, 1.807) is 20.8 Å². The highest BCUT2D eigenvalue weighted by atomic mass is 16.6. The summed E-state index contributed by atoms with van der Waals surface area (Å²) in [5.74, 6) is -1.04. The molecule has 0 saturated carbocycles. The van der Waals surface area contributed by atoms with Gasteiger partial charge in [0.1, 0.15) is 5.60 Å². The van der Waals surface area contributed by atoms with E-state index in [1.165, 1.54) is 6.08 Å². The molecule has 92 valence electrons. The first kappa shape index (κ1) is 14.5. The molecule has 0 radical (unpaired) electrons. The second-order valence-corrected chi connectivity index (χ2v) is 4.36. The second-order valence-electron chi connectivity index (χ2n) is 4.36. The maximum absolute atomic E-state index is 11.4. The van der Waals surface area contributed by atoms with E-state index in [0.29, 0.717) is 6.42 Å². The average Bonchev–Trinajstić information content (AvgIpc) is 2.08. The number of rotatable bonds is 4. The smallest absolute Gasteiger partial charge is 0.408 e. The summed E-state index contributed by atoms with van der Waals surface area (Å²) < 4.78 is 5.05. The van der Waals surface area contributed by atoms with Crippen LogP contribution in [0, 0.1) is 0 Å². The molecule has 0 fully saturated rings. The van der Waals surface area contributed by atoms with Gasteiger partial charge in [0.05, 0.1) is 6.04 Å². The summed E-state index contributed by atoms with van der Waals surface area (Å²) in [6, 6.07) is -0.328. The first-order valence-corrected chi connectivity index (χ1v) is 5.15. The minimum atomic E-state index is -1.04. The van der Waals surface area contributed by atoms with E-state index < -0.39 is 17.7 Å². The molecule has 0 aromatic rings. The van der Waals surface area contributed by atoms with Gasteiger partial charge in [0.15, 0.2) is 0 Å². The predicted molar refractivity (Wildman–Crippen MR) is 60.2 cm³/mol. The molecule has 5 heteroatoms. The van der Waals surface area contributed by atoms with Crippen LogP contribution >= 0.6 is 0 Å². The highest BCUT2D eigenvalue weighted by molar-refractivity contribution is 5.80. The highest BCUT2D eigenvalue weighted by Gasteiger charge is 2.17. The Morgan fingerprint density at radius 2 is 2.00 bits per heavy atom. The Morgan fingerprint density at radius 1 is 1.44 bits per heavy atom. The number of carboxylic acid groups (broad SMARTS) is 1. The third kappa shape index (κ3) is 7.84. The van der Waals surface area contributed by atoms with Gasteiger partial charge in [-0.05, 0) is 27.2 Å². The van der Waals surface area contributed by atoms with E-state index in [-0.39, 0.29) is 6.04 Å². The SMILES string of the molecule is CC[C@@H](C=CC(=O)O)NC(=O)OC(C)(C)C. The maximum Gasteiger partial charge on any atom is 0.408 e. The Kier molecular flexibility index (Phi) is 5.56. The van der Waals surface area contributed by atoms with Crippen molar-refractivity contribution in [3.8, 4) is 0 Å². The lowest BCUT2D eigenvalue weighted by atomic mass is 10.2. The molecule has 5 nitrogen and oxygen atoms in total. The summed E-state index contributed by atoms with van der Waals surface area (Å²) in [6.07, 6.45) is 2.48. The van der Waals surface area contributed by atoms with Gasteiger partial charge < -0.3 is 15.2 Å². The van der Waals surface area contributed by atoms with Gasteiger partial charge >= 0.3 is 12.1 Å². The minimum Gasteiger partial charge on any atom is -0.478 e. The lowest BCUT2D eigenvalue weighted by Gasteiger charge is -2.21. The molecule has 0 rings (SSSR count). The Hall–Kier alpha value is -1.52. The lowest BCUT2D eigenvalue weighted by Crippen LogP contribution is -2.38. The third-order valence-electron chi connectivity index (χ3n) is 1.61. The largest absolute Gasteiger partial charge is 0.478 e. The fourth-order valence-electron chi connectivity index (χ4n) is 0.944. The number of carbonyl (C=O) groups is 2. The molecular formula is C11H19NO4. The maximum atomic E-state index is 11.4. The molecule has 0 aliphatic rings. The lowest BCUT2D eigenvalue weighted by molar-refractivity contribution is -0.131. The minimum absolute atomic E-state index is 0.328. The molecule has 0 unspecified atom stereocenters. The molecule has 1 atom stereocenters. The van der Waals surface area contributed by atoms with Crippen LogP contribution < -0.4 is 5.32 Å². The van der Waals surface area contributed by atoms with Crippen LogP contribution in [0.4, 0.5) is 4.79 Å². The molecule has 0 aliphatic carbocycles. The molecule has 0 aliphatic heterocycles. The monoisotopic (exact) mass is 229 g/mol. The van der Waals surface area contributed by atoms with Crippen LogP contribution in [-0.4, -0.2) is 28.8 Å². The molecule has 16 heavy (non-hydrogen) atoms. The third-order valence-corrected chi connectivity index (χ3v) is 1.61. The van der Waals surface area contributed by atoms with Gasteiger partial charge in [-0.3, -0.25) is 0 Å². The van der Waals surface area contributed by atoms with Gasteiger partial charge in [0, 0.05) is 6.08 Å². The van der Waals surface area contributed by atoms with E-state index in [2.05, 4.69) is 5.32 Å². The quantitative estimate of drug-likeness (QED) is 0.722. The number of carbonyl (C=O) groups excluding carboxylic acids is 1. The molecule has 0 spiro atoms. The van der Waals surface area contributed by atoms with Crippen molar-refractivity contribution in [2.24, 2.45) is 0 Å². The Labute approximate surface area is 95.5 Å². The number of hydrogen-bond donors (Lipinski definition) is 2. The van der Waals surface area contributed by atoms with Crippen LogP contribution in [-0.2, 0) is 9.53 Å². The van der Waals surface area contributed by atoms with Crippen molar-refractivity contribution in [3.05, 3.63) is 12.2 Å². The van der Waals surface area contributed by atoms with Crippen LogP contribution in [0.5, 0.6) is 0 Å². The Morgan fingerprint density at radius 3 is 2.38 bits per heavy atom. The van der Waals surface area contributed by atoms with E-state index in [1.807, 2.05) is 6.92 Å². The summed E-state index contributed by atoms with van der Waals surface area (Å²) in [5.41, 5.74) is -0.557. The summed E-state index contributed by atoms with van der Waals surface area (Å²) in [6.45, 7) is 7.14. The van der Waals surface area contributed by atoms with E-state index >= 15 is 0 Å². The first-order valence-electron chi connectivity index (χ1n) is 5.15. The number of aliphatic carboxylic acids is 1. The predicted octanol–water partition coefficient (Wildman–Crippen LogP) is 1.93. The highest BCUT2D eigenvalue weighted by Crippen LogP contribution is 2.07. The van der Waals surface area contributed by atoms with Gasteiger partial charge in [0.2, 0.25) is 0 Å². The van der Waals surface area contributed by atoms with Crippen LogP contribution in [0.25, 0.3) is 0 Å². The molecule has 0 saturated heterocycles. The first-order chi connectivity index (χ1) is 7.24. The zero-order valence-corrected chi connectivity index (χ0v) is 10.1. The van der Waals surface area contributed by atoms with Gasteiger partial charge in [-0.1, -0.05) is 13.0 Å². The van der Waals surface area contributed by atoms with Crippen LogP contribution in [0.1, 0.15) is 34.1 Å². The van der Waals surface area contributed by atoms with Crippen molar-refractivity contribution < 1.29 is 19.4 Å². The van der Waals surface area contributed by atoms with Crippen molar-refractivity contribution in [1.29, 1.82) is 0 Å². The van der Waals surface area contributed by atoms with Crippen molar-refractivity contribution in [2.75, 3.05) is 0 Å². The number of alkyl carbamates (subject to hydrolysis) is 1. The molecule has 0 aromatic carbocycles. The van der Waals surface area contributed by atoms with Gasteiger partial charge in [-0.2, -0.15) is 0 Å². The van der Waals surface area contributed by atoms with E-state index in [4.69, 9.17) is 9.84 Å². The zero-order valence-electron chi connectivity index (χ0n) is 10.1. The second kappa shape index (κ2) is 6.15. The molecule has 0 bridgehead atoms. The standard InChI is InChI=1S/C11H19NO4/c1-5-8(6-7-9(13)14)12-10(15)16-11(2,3)4/h6-8H,5H2,1-4H3,(H,12,15)(H,13,14)/t8-/m0/s1. The molecule has 1 amide bonds. The summed E-state index contributed by atoms with van der Waals surface area (Å²) in [5, 5.41) is 11.0. The zero-order chi connectivity index (χ0) is 12.8. The number of nitrogens with one attached hydrogen (secondary N) is 1. The van der Waals surface area contributed by atoms with Crippen molar-refractivity contribution in [3.63, 3.8) is 0 Å². The van der Waals surface area contributed by atoms with Gasteiger partial charge in [-0.15, -0.1) is 0 Å². The number of amides is 1. The topological polar surface area (TPSA) is 75.6 Å². The molecular weight excluding hydrogens is 210 g/mol. The Balaban J connectivity index is 4.23. The summed E-state index contributed by atoms with van der Waals surface area (Å²) in [7, 11) is 0.